The van der Waals surface area contributed by atoms with Gasteiger partial charge in [0.15, 0.2) is 0 Å². The van der Waals surface area contributed by atoms with E-state index in [1.165, 1.54) is 32.3 Å². The smallest absolute Gasteiger partial charge is 0.0577 e. The first kappa shape index (κ1) is 14.3. The number of benzene rings is 2. The van der Waals surface area contributed by atoms with Gasteiger partial charge in [0.25, 0.3) is 0 Å². The second-order valence-corrected chi connectivity index (χ2v) is 5.95. The van der Waals surface area contributed by atoms with Crippen molar-refractivity contribution >= 4 is 15.9 Å². The van der Waals surface area contributed by atoms with E-state index in [0.29, 0.717) is 0 Å². The molecule has 1 atom stereocenters. The molecule has 0 bridgehead atoms. The van der Waals surface area contributed by atoms with Gasteiger partial charge in [-0.05, 0) is 56.1 Å². The summed E-state index contributed by atoms with van der Waals surface area (Å²) >= 11 is 3.60. The topological polar surface area (TPSA) is 12.0 Å². The molecule has 0 radical (unpaired) electrons. The highest BCUT2D eigenvalue weighted by Gasteiger charge is 2.15. The highest BCUT2D eigenvalue weighted by molar-refractivity contribution is 9.10. The van der Waals surface area contributed by atoms with Gasteiger partial charge in [0, 0.05) is 4.47 Å². The minimum atomic E-state index is 0.242. The van der Waals surface area contributed by atoms with Crippen LogP contribution in [0.15, 0.2) is 40.9 Å². The second kappa shape index (κ2) is 5.89. The van der Waals surface area contributed by atoms with Crippen LogP contribution in [0.5, 0.6) is 0 Å². The molecule has 19 heavy (non-hydrogen) atoms. The zero-order chi connectivity index (χ0) is 14.0. The molecule has 0 aliphatic carbocycles. The van der Waals surface area contributed by atoms with Crippen molar-refractivity contribution in [2.24, 2.45) is 0 Å². The Balaban J connectivity index is 2.51. The molecular formula is C17H20BrN. The van der Waals surface area contributed by atoms with Gasteiger partial charge in [0.2, 0.25) is 0 Å². The molecule has 1 unspecified atom stereocenters. The van der Waals surface area contributed by atoms with Crippen molar-refractivity contribution < 1.29 is 0 Å². The van der Waals surface area contributed by atoms with Crippen LogP contribution < -0.4 is 5.32 Å². The Hall–Kier alpha value is -1.12. The molecular weight excluding hydrogens is 298 g/mol. The molecule has 2 aromatic carbocycles. The third kappa shape index (κ3) is 3.07. The lowest BCUT2D eigenvalue weighted by molar-refractivity contribution is 0.686. The van der Waals surface area contributed by atoms with Crippen molar-refractivity contribution in [3.05, 3.63) is 68.7 Å². The van der Waals surface area contributed by atoms with Crippen LogP contribution in [0.25, 0.3) is 0 Å². The number of hydrogen-bond acceptors (Lipinski definition) is 1. The lowest BCUT2D eigenvalue weighted by atomic mass is 9.93. The van der Waals surface area contributed by atoms with Gasteiger partial charge < -0.3 is 5.32 Å². The first-order valence-corrected chi connectivity index (χ1v) is 7.32. The van der Waals surface area contributed by atoms with Crippen molar-refractivity contribution in [2.75, 3.05) is 7.05 Å². The fourth-order valence-electron chi connectivity index (χ4n) is 2.47. The zero-order valence-corrected chi connectivity index (χ0v) is 13.5. The average Bonchev–Trinajstić information content (AvgIpc) is 2.36. The minimum Gasteiger partial charge on any atom is -0.309 e. The molecule has 0 aliphatic heterocycles. The standard InChI is InChI=1S/C17H20BrN/c1-11-6-5-7-14(8-11)17(19-4)15-9-13(3)16(18)10-12(15)2/h5-10,17,19H,1-4H3. The maximum atomic E-state index is 3.60. The largest absolute Gasteiger partial charge is 0.309 e. The SMILES string of the molecule is CNC(c1cccc(C)c1)c1cc(C)c(Br)cc1C. The van der Waals surface area contributed by atoms with Crippen LogP contribution in [0.4, 0.5) is 0 Å². The van der Waals surface area contributed by atoms with Crippen LogP contribution in [-0.2, 0) is 0 Å². The van der Waals surface area contributed by atoms with E-state index in [1.807, 2.05) is 7.05 Å². The second-order valence-electron chi connectivity index (χ2n) is 5.09. The van der Waals surface area contributed by atoms with E-state index in [4.69, 9.17) is 0 Å². The van der Waals surface area contributed by atoms with E-state index < -0.39 is 0 Å². The average molecular weight is 318 g/mol. The van der Waals surface area contributed by atoms with Crippen molar-refractivity contribution in [1.82, 2.24) is 5.32 Å². The Morgan fingerprint density at radius 3 is 2.37 bits per heavy atom. The first-order chi connectivity index (χ1) is 9.02. The van der Waals surface area contributed by atoms with E-state index in [2.05, 4.69) is 78.4 Å². The molecule has 1 N–H and O–H groups in total. The first-order valence-electron chi connectivity index (χ1n) is 6.53. The fraction of sp³-hybridized carbons (Fsp3) is 0.294. The van der Waals surface area contributed by atoms with E-state index in [1.54, 1.807) is 0 Å². The number of hydrogen-bond donors (Lipinski definition) is 1. The van der Waals surface area contributed by atoms with Crippen LogP contribution in [-0.4, -0.2) is 7.05 Å². The van der Waals surface area contributed by atoms with Crippen LogP contribution in [0.3, 0.4) is 0 Å². The minimum absolute atomic E-state index is 0.242. The van der Waals surface area contributed by atoms with Crippen LogP contribution in [0, 0.1) is 20.8 Å². The van der Waals surface area contributed by atoms with Gasteiger partial charge >= 0.3 is 0 Å². The summed E-state index contributed by atoms with van der Waals surface area (Å²) in [6.07, 6.45) is 0. The highest BCUT2D eigenvalue weighted by atomic mass is 79.9. The van der Waals surface area contributed by atoms with E-state index in [9.17, 15) is 0 Å². The molecule has 2 heteroatoms. The predicted molar refractivity (Wildman–Crippen MR) is 85.7 cm³/mol. The molecule has 1 nitrogen and oxygen atoms in total. The summed E-state index contributed by atoms with van der Waals surface area (Å²) in [5, 5.41) is 3.43. The maximum absolute atomic E-state index is 3.60. The van der Waals surface area contributed by atoms with Gasteiger partial charge in [-0.1, -0.05) is 51.8 Å². The summed E-state index contributed by atoms with van der Waals surface area (Å²) in [6.45, 7) is 6.44. The molecule has 2 aromatic rings. The summed E-state index contributed by atoms with van der Waals surface area (Å²) in [4.78, 5) is 0. The molecule has 0 aromatic heterocycles. The fourth-order valence-corrected chi connectivity index (χ4v) is 2.92. The van der Waals surface area contributed by atoms with Crippen molar-refractivity contribution in [1.29, 1.82) is 0 Å². The Labute approximate surface area is 124 Å². The van der Waals surface area contributed by atoms with Crippen molar-refractivity contribution in [3.63, 3.8) is 0 Å². The molecule has 0 saturated carbocycles. The third-order valence-electron chi connectivity index (χ3n) is 3.52. The van der Waals surface area contributed by atoms with Crippen LogP contribution >= 0.6 is 15.9 Å². The maximum Gasteiger partial charge on any atom is 0.0577 e. The normalized spacial score (nSPS) is 12.5. The summed E-state index contributed by atoms with van der Waals surface area (Å²) in [5.74, 6) is 0. The zero-order valence-electron chi connectivity index (χ0n) is 11.9. The molecule has 0 spiro atoms. The number of aryl methyl sites for hydroxylation is 3. The lowest BCUT2D eigenvalue weighted by Gasteiger charge is -2.21. The van der Waals surface area contributed by atoms with E-state index in [0.717, 1.165) is 0 Å². The molecule has 0 aliphatic rings. The van der Waals surface area contributed by atoms with Gasteiger partial charge in [-0.25, -0.2) is 0 Å². The molecule has 2 rings (SSSR count). The van der Waals surface area contributed by atoms with Gasteiger partial charge in [-0.2, -0.15) is 0 Å². The Morgan fingerprint density at radius 2 is 1.74 bits per heavy atom. The summed E-state index contributed by atoms with van der Waals surface area (Å²) in [7, 11) is 2.02. The van der Waals surface area contributed by atoms with Crippen LogP contribution in [0.1, 0.15) is 33.9 Å². The lowest BCUT2D eigenvalue weighted by Crippen LogP contribution is -2.19. The van der Waals surface area contributed by atoms with E-state index in [-0.39, 0.29) is 6.04 Å². The van der Waals surface area contributed by atoms with Gasteiger partial charge in [-0.3, -0.25) is 0 Å². The summed E-state index contributed by atoms with van der Waals surface area (Å²) in [5.41, 5.74) is 6.53. The van der Waals surface area contributed by atoms with Gasteiger partial charge in [-0.15, -0.1) is 0 Å². The Kier molecular flexibility index (Phi) is 4.43. The molecule has 100 valence electrons. The Morgan fingerprint density at radius 1 is 1.00 bits per heavy atom. The number of halogens is 1. The monoisotopic (exact) mass is 317 g/mol. The summed E-state index contributed by atoms with van der Waals surface area (Å²) in [6, 6.07) is 13.4. The number of nitrogens with one attached hydrogen (secondary N) is 1. The van der Waals surface area contributed by atoms with Crippen molar-refractivity contribution in [2.45, 2.75) is 26.8 Å². The summed E-state index contributed by atoms with van der Waals surface area (Å²) < 4.78 is 1.17. The van der Waals surface area contributed by atoms with Gasteiger partial charge in [0.1, 0.15) is 0 Å². The highest BCUT2D eigenvalue weighted by Crippen LogP contribution is 2.29. The molecule has 0 heterocycles. The van der Waals surface area contributed by atoms with Gasteiger partial charge in [0.05, 0.1) is 6.04 Å². The van der Waals surface area contributed by atoms with Crippen molar-refractivity contribution in [3.8, 4) is 0 Å². The third-order valence-corrected chi connectivity index (χ3v) is 4.38. The predicted octanol–water partition coefficient (Wildman–Crippen LogP) is 4.68. The van der Waals surface area contributed by atoms with E-state index >= 15 is 0 Å². The molecule has 0 saturated heterocycles. The van der Waals surface area contributed by atoms with Crippen LogP contribution in [0.2, 0.25) is 0 Å². The number of rotatable bonds is 3. The molecule has 0 amide bonds. The Bertz CT molecular complexity index is 590. The quantitative estimate of drug-likeness (QED) is 0.866. The molecule has 0 fully saturated rings.